The van der Waals surface area contributed by atoms with E-state index < -0.39 is 0 Å². The molecule has 2 heteroatoms. The van der Waals surface area contributed by atoms with Crippen LogP contribution in [0.15, 0.2) is 17.5 Å². The van der Waals surface area contributed by atoms with Gasteiger partial charge in [-0.05, 0) is 47.4 Å². The number of hydrogen-bond donors (Lipinski definition) is 0. The van der Waals surface area contributed by atoms with E-state index in [4.69, 9.17) is 0 Å². The minimum absolute atomic E-state index is 0.950. The number of halogens is 1. The summed E-state index contributed by atoms with van der Waals surface area (Å²) >= 11 is 5.36. The molecule has 0 unspecified atom stereocenters. The molecule has 0 atom stereocenters. The quantitative estimate of drug-likeness (QED) is 0.662. The summed E-state index contributed by atoms with van der Waals surface area (Å²) in [5.74, 6) is 0. The van der Waals surface area contributed by atoms with Gasteiger partial charge in [0.25, 0.3) is 0 Å². The molecule has 1 aromatic carbocycles. The van der Waals surface area contributed by atoms with Crippen molar-refractivity contribution >= 4 is 37.4 Å². The standard InChI is InChI=1S/C11H11BrS/c1-7-5-9(6-12)11-10(8(7)2)3-4-13-11/h3-5H,6H2,1-2H3. The zero-order valence-electron chi connectivity index (χ0n) is 7.73. The fourth-order valence-corrected chi connectivity index (χ4v) is 3.20. The molecule has 0 N–H and O–H groups in total. The first kappa shape index (κ1) is 9.22. The van der Waals surface area contributed by atoms with E-state index >= 15 is 0 Å². The van der Waals surface area contributed by atoms with Gasteiger partial charge in [-0.15, -0.1) is 11.3 Å². The van der Waals surface area contributed by atoms with Crippen LogP contribution in [0.25, 0.3) is 10.1 Å². The first-order chi connectivity index (χ1) is 6.24. The highest BCUT2D eigenvalue weighted by Gasteiger charge is 2.06. The molecule has 0 spiro atoms. The summed E-state index contributed by atoms with van der Waals surface area (Å²) < 4.78 is 1.43. The van der Waals surface area contributed by atoms with Gasteiger partial charge in [0.05, 0.1) is 0 Å². The predicted molar refractivity (Wildman–Crippen MR) is 63.9 cm³/mol. The Hall–Kier alpha value is -0.340. The lowest BCUT2D eigenvalue weighted by atomic mass is 10.0. The molecule has 2 rings (SSSR count). The molecule has 1 heterocycles. The third-order valence-electron chi connectivity index (χ3n) is 2.49. The van der Waals surface area contributed by atoms with Gasteiger partial charge in [0, 0.05) is 10.0 Å². The van der Waals surface area contributed by atoms with Crippen LogP contribution in [0.1, 0.15) is 16.7 Å². The number of benzene rings is 1. The maximum absolute atomic E-state index is 3.53. The SMILES string of the molecule is Cc1cc(CBr)c2sccc2c1C. The Morgan fingerprint density at radius 2 is 2.15 bits per heavy atom. The largest absolute Gasteiger partial charge is 0.143 e. The van der Waals surface area contributed by atoms with Gasteiger partial charge in [0.2, 0.25) is 0 Å². The Kier molecular flexibility index (Phi) is 2.43. The molecule has 68 valence electrons. The lowest BCUT2D eigenvalue weighted by Crippen LogP contribution is -1.85. The van der Waals surface area contributed by atoms with E-state index in [9.17, 15) is 0 Å². The van der Waals surface area contributed by atoms with Crippen LogP contribution in [0.2, 0.25) is 0 Å². The minimum Gasteiger partial charge on any atom is -0.143 e. The van der Waals surface area contributed by atoms with E-state index in [1.807, 2.05) is 11.3 Å². The highest BCUT2D eigenvalue weighted by molar-refractivity contribution is 9.08. The number of thiophene rings is 1. The zero-order chi connectivity index (χ0) is 9.42. The molecule has 0 aliphatic carbocycles. The Labute approximate surface area is 90.7 Å². The normalized spacial score (nSPS) is 11.0. The van der Waals surface area contributed by atoms with Gasteiger partial charge in [-0.2, -0.15) is 0 Å². The van der Waals surface area contributed by atoms with E-state index in [0.717, 1.165) is 5.33 Å². The van der Waals surface area contributed by atoms with Crippen molar-refractivity contribution in [1.29, 1.82) is 0 Å². The second-order valence-electron chi connectivity index (χ2n) is 3.27. The number of aryl methyl sites for hydroxylation is 2. The van der Waals surface area contributed by atoms with Crippen molar-refractivity contribution in [3.63, 3.8) is 0 Å². The van der Waals surface area contributed by atoms with Crippen molar-refractivity contribution in [2.24, 2.45) is 0 Å². The van der Waals surface area contributed by atoms with Crippen molar-refractivity contribution in [3.8, 4) is 0 Å². The van der Waals surface area contributed by atoms with Crippen molar-refractivity contribution in [2.45, 2.75) is 19.2 Å². The Balaban J connectivity index is 2.87. The van der Waals surface area contributed by atoms with E-state index in [1.54, 1.807) is 0 Å². The van der Waals surface area contributed by atoms with Crippen LogP contribution < -0.4 is 0 Å². The topological polar surface area (TPSA) is 0 Å². The fraction of sp³-hybridized carbons (Fsp3) is 0.273. The molecule has 1 aromatic heterocycles. The van der Waals surface area contributed by atoms with Crippen LogP contribution in [0.4, 0.5) is 0 Å². The first-order valence-corrected chi connectivity index (χ1v) is 6.26. The third kappa shape index (κ3) is 1.42. The van der Waals surface area contributed by atoms with Crippen molar-refractivity contribution < 1.29 is 0 Å². The number of rotatable bonds is 1. The van der Waals surface area contributed by atoms with Gasteiger partial charge >= 0.3 is 0 Å². The number of fused-ring (bicyclic) bond motifs is 1. The minimum atomic E-state index is 0.950. The van der Waals surface area contributed by atoms with Gasteiger partial charge in [0.1, 0.15) is 0 Å². The Morgan fingerprint density at radius 3 is 2.85 bits per heavy atom. The smallest absolute Gasteiger partial charge is 0.0386 e. The van der Waals surface area contributed by atoms with E-state index in [-0.39, 0.29) is 0 Å². The molecular formula is C11H11BrS. The maximum atomic E-state index is 3.53. The van der Waals surface area contributed by atoms with Gasteiger partial charge in [-0.1, -0.05) is 22.0 Å². The molecule has 0 fully saturated rings. The van der Waals surface area contributed by atoms with Gasteiger partial charge in [-0.3, -0.25) is 0 Å². The molecule has 0 bridgehead atoms. The highest BCUT2D eigenvalue weighted by atomic mass is 79.9. The highest BCUT2D eigenvalue weighted by Crippen LogP contribution is 2.31. The molecule has 0 amide bonds. The van der Waals surface area contributed by atoms with Crippen molar-refractivity contribution in [2.75, 3.05) is 0 Å². The van der Waals surface area contributed by atoms with Crippen LogP contribution >= 0.6 is 27.3 Å². The molecule has 0 radical (unpaired) electrons. The van der Waals surface area contributed by atoms with Crippen molar-refractivity contribution in [3.05, 3.63) is 34.2 Å². The van der Waals surface area contributed by atoms with Gasteiger partial charge in [0.15, 0.2) is 0 Å². The molecule has 0 saturated carbocycles. The summed E-state index contributed by atoms with van der Waals surface area (Å²) in [4.78, 5) is 0. The van der Waals surface area contributed by atoms with E-state index in [1.165, 1.54) is 26.8 Å². The monoisotopic (exact) mass is 254 g/mol. The average molecular weight is 255 g/mol. The summed E-state index contributed by atoms with van der Waals surface area (Å²) in [6.07, 6.45) is 0. The molecular weight excluding hydrogens is 244 g/mol. The molecule has 13 heavy (non-hydrogen) atoms. The van der Waals surface area contributed by atoms with Crippen LogP contribution in [-0.4, -0.2) is 0 Å². The first-order valence-electron chi connectivity index (χ1n) is 4.26. The number of hydrogen-bond acceptors (Lipinski definition) is 1. The molecule has 0 nitrogen and oxygen atoms in total. The predicted octanol–water partition coefficient (Wildman–Crippen LogP) is 4.41. The van der Waals surface area contributed by atoms with Gasteiger partial charge < -0.3 is 0 Å². The maximum Gasteiger partial charge on any atom is 0.0386 e. The zero-order valence-corrected chi connectivity index (χ0v) is 10.1. The van der Waals surface area contributed by atoms with Crippen LogP contribution in [0.5, 0.6) is 0 Å². The Bertz CT molecular complexity index is 443. The Morgan fingerprint density at radius 1 is 1.38 bits per heavy atom. The third-order valence-corrected chi connectivity index (χ3v) is 4.08. The van der Waals surface area contributed by atoms with Crippen LogP contribution in [0.3, 0.4) is 0 Å². The van der Waals surface area contributed by atoms with E-state index in [0.29, 0.717) is 0 Å². The second-order valence-corrected chi connectivity index (χ2v) is 4.75. The van der Waals surface area contributed by atoms with Crippen LogP contribution in [-0.2, 0) is 5.33 Å². The fourth-order valence-electron chi connectivity index (χ4n) is 1.60. The summed E-state index contributed by atoms with van der Waals surface area (Å²) in [5, 5.41) is 4.54. The lowest BCUT2D eigenvalue weighted by Gasteiger charge is -2.05. The summed E-state index contributed by atoms with van der Waals surface area (Å²) in [7, 11) is 0. The number of alkyl halides is 1. The van der Waals surface area contributed by atoms with E-state index in [2.05, 4.69) is 47.3 Å². The second kappa shape index (κ2) is 3.43. The summed E-state index contributed by atoms with van der Waals surface area (Å²) in [6, 6.07) is 4.50. The molecule has 0 aliphatic heterocycles. The van der Waals surface area contributed by atoms with Gasteiger partial charge in [-0.25, -0.2) is 0 Å². The van der Waals surface area contributed by atoms with Crippen molar-refractivity contribution in [1.82, 2.24) is 0 Å². The molecule has 0 saturated heterocycles. The molecule has 2 aromatic rings. The molecule has 0 aliphatic rings. The summed E-state index contributed by atoms with van der Waals surface area (Å²) in [5.41, 5.74) is 4.22. The van der Waals surface area contributed by atoms with Crippen LogP contribution in [0, 0.1) is 13.8 Å². The lowest BCUT2D eigenvalue weighted by molar-refractivity contribution is 1.35. The average Bonchev–Trinajstić information content (AvgIpc) is 2.60. The summed E-state index contributed by atoms with van der Waals surface area (Å²) in [6.45, 7) is 4.38.